The van der Waals surface area contributed by atoms with Crippen LogP contribution in [0.25, 0.3) is 5.65 Å². The van der Waals surface area contributed by atoms with Gasteiger partial charge in [-0.05, 0) is 6.07 Å². The average Bonchev–Trinajstić information content (AvgIpc) is 2.61. The quantitative estimate of drug-likeness (QED) is 0.874. The van der Waals surface area contributed by atoms with Crippen molar-refractivity contribution in [1.82, 2.24) is 14.6 Å². The second-order valence-corrected chi connectivity index (χ2v) is 5.15. The Kier molecular flexibility index (Phi) is 3.76. The van der Waals surface area contributed by atoms with Crippen molar-refractivity contribution in [3.8, 4) is 0 Å². The SMILES string of the molecule is NC(=O)CCSc1nnc2c(Cl)cc(Cl)cn12. The number of pyridine rings is 1. The topological polar surface area (TPSA) is 73.3 Å². The Balaban J connectivity index is 2.26. The molecular weight excluding hydrogens is 283 g/mol. The van der Waals surface area contributed by atoms with Crippen molar-refractivity contribution in [1.29, 1.82) is 0 Å². The van der Waals surface area contributed by atoms with Crippen molar-refractivity contribution >= 4 is 46.5 Å². The molecule has 0 saturated carbocycles. The first-order valence-corrected chi connectivity index (χ1v) is 6.43. The van der Waals surface area contributed by atoms with Crippen molar-refractivity contribution in [3.63, 3.8) is 0 Å². The van der Waals surface area contributed by atoms with Gasteiger partial charge in [-0.2, -0.15) is 0 Å². The minimum Gasteiger partial charge on any atom is -0.370 e. The van der Waals surface area contributed by atoms with Gasteiger partial charge in [0.15, 0.2) is 10.8 Å². The van der Waals surface area contributed by atoms with Crippen LogP contribution in [0.3, 0.4) is 0 Å². The van der Waals surface area contributed by atoms with Crippen LogP contribution in [0.5, 0.6) is 0 Å². The van der Waals surface area contributed by atoms with Crippen molar-refractivity contribution in [2.75, 3.05) is 5.75 Å². The molecule has 0 spiro atoms. The summed E-state index contributed by atoms with van der Waals surface area (Å²) in [4.78, 5) is 10.6. The van der Waals surface area contributed by atoms with Gasteiger partial charge >= 0.3 is 0 Å². The van der Waals surface area contributed by atoms with E-state index in [1.54, 1.807) is 16.7 Å². The molecule has 2 heterocycles. The first-order valence-electron chi connectivity index (χ1n) is 4.69. The Bertz CT molecular complexity index is 571. The number of thioether (sulfide) groups is 1. The van der Waals surface area contributed by atoms with Crippen LogP contribution in [0.2, 0.25) is 10.0 Å². The van der Waals surface area contributed by atoms with Crippen LogP contribution in [0.1, 0.15) is 6.42 Å². The number of halogens is 2. The summed E-state index contributed by atoms with van der Waals surface area (Å²) in [6.07, 6.45) is 1.96. The van der Waals surface area contributed by atoms with Gasteiger partial charge in [0.25, 0.3) is 0 Å². The number of rotatable bonds is 4. The smallest absolute Gasteiger partial charge is 0.218 e. The van der Waals surface area contributed by atoms with Gasteiger partial charge in [-0.15, -0.1) is 10.2 Å². The number of hydrogen-bond donors (Lipinski definition) is 1. The Morgan fingerprint density at radius 1 is 1.47 bits per heavy atom. The van der Waals surface area contributed by atoms with E-state index in [4.69, 9.17) is 28.9 Å². The lowest BCUT2D eigenvalue weighted by Crippen LogP contribution is -2.11. The first kappa shape index (κ1) is 12.5. The molecule has 5 nitrogen and oxygen atoms in total. The zero-order valence-electron chi connectivity index (χ0n) is 8.56. The molecule has 0 aliphatic rings. The molecule has 0 saturated heterocycles. The maximum Gasteiger partial charge on any atom is 0.218 e. The lowest BCUT2D eigenvalue weighted by molar-refractivity contribution is -0.117. The molecular formula is C9H8Cl2N4OS. The zero-order valence-corrected chi connectivity index (χ0v) is 10.9. The summed E-state index contributed by atoms with van der Waals surface area (Å²) >= 11 is 13.2. The summed E-state index contributed by atoms with van der Waals surface area (Å²) < 4.78 is 1.69. The first-order chi connectivity index (χ1) is 8.08. The summed E-state index contributed by atoms with van der Waals surface area (Å²) in [5.41, 5.74) is 5.59. The highest BCUT2D eigenvalue weighted by Gasteiger charge is 2.10. The second-order valence-electron chi connectivity index (χ2n) is 3.25. The summed E-state index contributed by atoms with van der Waals surface area (Å²) in [6.45, 7) is 0. The maximum absolute atomic E-state index is 10.6. The molecule has 0 unspecified atom stereocenters. The van der Waals surface area contributed by atoms with E-state index in [-0.39, 0.29) is 12.3 Å². The molecule has 1 amide bonds. The van der Waals surface area contributed by atoms with Gasteiger partial charge in [-0.1, -0.05) is 35.0 Å². The van der Waals surface area contributed by atoms with E-state index in [0.717, 1.165) is 0 Å². The van der Waals surface area contributed by atoms with Gasteiger partial charge in [0.2, 0.25) is 5.91 Å². The van der Waals surface area contributed by atoms with Crippen LogP contribution in [-0.4, -0.2) is 26.3 Å². The van der Waals surface area contributed by atoms with Crippen molar-refractivity contribution in [2.45, 2.75) is 11.6 Å². The third-order valence-electron chi connectivity index (χ3n) is 1.97. The van der Waals surface area contributed by atoms with Crippen LogP contribution >= 0.6 is 35.0 Å². The number of fused-ring (bicyclic) bond motifs is 1. The fourth-order valence-corrected chi connectivity index (χ4v) is 2.62. The third-order valence-corrected chi connectivity index (χ3v) is 3.40. The summed E-state index contributed by atoms with van der Waals surface area (Å²) in [6, 6.07) is 1.60. The summed E-state index contributed by atoms with van der Waals surface area (Å²) in [5.74, 6) is 0.197. The van der Waals surface area contributed by atoms with Gasteiger partial charge in [-0.25, -0.2) is 0 Å². The van der Waals surface area contributed by atoms with Crippen LogP contribution < -0.4 is 5.73 Å². The van der Waals surface area contributed by atoms with Gasteiger partial charge < -0.3 is 5.73 Å². The molecule has 0 atom stereocenters. The standard InChI is InChI=1S/C9H8Cl2N4OS/c10-5-3-6(11)8-13-14-9(15(8)4-5)17-2-1-7(12)16/h3-4H,1-2H2,(H2,12,16). The monoisotopic (exact) mass is 290 g/mol. The number of hydrogen-bond acceptors (Lipinski definition) is 4. The largest absolute Gasteiger partial charge is 0.370 e. The normalized spacial score (nSPS) is 10.9. The molecule has 0 aromatic carbocycles. The molecule has 0 aliphatic carbocycles. The van der Waals surface area contributed by atoms with Crippen LogP contribution in [0.4, 0.5) is 0 Å². The number of primary amides is 1. The number of aromatic nitrogens is 3. The second kappa shape index (κ2) is 5.12. The highest BCUT2D eigenvalue weighted by atomic mass is 35.5. The fourth-order valence-electron chi connectivity index (χ4n) is 1.24. The number of nitrogens with zero attached hydrogens (tertiary/aromatic N) is 3. The van der Waals surface area contributed by atoms with Gasteiger partial charge in [0.05, 0.1) is 10.0 Å². The Morgan fingerprint density at radius 3 is 2.94 bits per heavy atom. The molecule has 0 radical (unpaired) electrons. The van der Waals surface area contributed by atoms with Crippen LogP contribution in [0, 0.1) is 0 Å². The molecule has 90 valence electrons. The van der Waals surface area contributed by atoms with E-state index in [1.807, 2.05) is 0 Å². The summed E-state index contributed by atoms with van der Waals surface area (Å²) in [5, 5.41) is 9.48. The third kappa shape index (κ3) is 2.83. The Morgan fingerprint density at radius 2 is 2.24 bits per heavy atom. The molecule has 2 aromatic rings. The minimum absolute atomic E-state index is 0.286. The summed E-state index contributed by atoms with van der Waals surface area (Å²) in [7, 11) is 0. The van der Waals surface area contributed by atoms with E-state index in [2.05, 4.69) is 10.2 Å². The van der Waals surface area contributed by atoms with Gasteiger partial charge in [0.1, 0.15) is 0 Å². The van der Waals surface area contributed by atoms with E-state index in [9.17, 15) is 4.79 Å². The van der Waals surface area contributed by atoms with E-state index in [0.29, 0.717) is 26.6 Å². The highest BCUT2D eigenvalue weighted by Crippen LogP contribution is 2.25. The Hall–Kier alpha value is -0.980. The lowest BCUT2D eigenvalue weighted by atomic mass is 10.5. The number of nitrogens with two attached hydrogens (primary N) is 1. The van der Waals surface area contributed by atoms with Crippen molar-refractivity contribution in [2.24, 2.45) is 5.73 Å². The molecule has 0 bridgehead atoms. The van der Waals surface area contributed by atoms with Gasteiger partial charge in [0, 0.05) is 18.4 Å². The predicted octanol–water partition coefficient (Wildman–Crippen LogP) is 2.00. The number of carbonyl (C=O) groups is 1. The van der Waals surface area contributed by atoms with E-state index >= 15 is 0 Å². The van der Waals surface area contributed by atoms with E-state index < -0.39 is 0 Å². The van der Waals surface area contributed by atoms with Crippen LogP contribution in [-0.2, 0) is 4.79 Å². The predicted molar refractivity (Wildman–Crippen MR) is 67.5 cm³/mol. The van der Waals surface area contributed by atoms with Crippen molar-refractivity contribution < 1.29 is 4.79 Å². The van der Waals surface area contributed by atoms with Crippen LogP contribution in [0.15, 0.2) is 17.4 Å². The fraction of sp³-hybridized carbons (Fsp3) is 0.222. The molecule has 2 aromatic heterocycles. The molecule has 2 rings (SSSR count). The Labute approximate surface area is 111 Å². The number of amides is 1. The van der Waals surface area contributed by atoms with Crippen molar-refractivity contribution in [3.05, 3.63) is 22.3 Å². The lowest BCUT2D eigenvalue weighted by Gasteiger charge is -2.00. The maximum atomic E-state index is 10.6. The zero-order chi connectivity index (χ0) is 12.4. The average molecular weight is 291 g/mol. The highest BCUT2D eigenvalue weighted by molar-refractivity contribution is 7.99. The minimum atomic E-state index is -0.345. The molecule has 0 aliphatic heterocycles. The molecule has 17 heavy (non-hydrogen) atoms. The van der Waals surface area contributed by atoms with Gasteiger partial charge in [-0.3, -0.25) is 9.20 Å². The number of carbonyl (C=O) groups excluding carboxylic acids is 1. The molecule has 2 N–H and O–H groups in total. The molecule has 8 heteroatoms. The molecule has 0 fully saturated rings. The van der Waals surface area contributed by atoms with E-state index in [1.165, 1.54) is 11.8 Å².